The van der Waals surface area contributed by atoms with E-state index in [9.17, 15) is 14.4 Å². The average molecular weight is 425 g/mol. The zero-order valence-corrected chi connectivity index (χ0v) is 18.7. The van der Waals surface area contributed by atoms with Crippen LogP contribution in [0.15, 0.2) is 47.4 Å². The molecule has 3 rings (SSSR count). The van der Waals surface area contributed by atoms with Crippen molar-refractivity contribution in [3.05, 3.63) is 69.6 Å². The summed E-state index contributed by atoms with van der Waals surface area (Å²) < 4.78 is 1.58. The summed E-state index contributed by atoms with van der Waals surface area (Å²) in [5.41, 5.74) is 2.09. The lowest BCUT2D eigenvalue weighted by atomic mass is 10.1. The Bertz CT molecular complexity index is 973. The molecule has 0 aliphatic carbocycles. The van der Waals surface area contributed by atoms with Crippen LogP contribution in [0.4, 0.5) is 0 Å². The van der Waals surface area contributed by atoms with Gasteiger partial charge in [-0.3, -0.25) is 19.3 Å². The van der Waals surface area contributed by atoms with Crippen LogP contribution in [0, 0.1) is 6.92 Å². The maximum atomic E-state index is 13.0. The molecule has 0 saturated carbocycles. The highest BCUT2D eigenvalue weighted by Gasteiger charge is 2.26. The van der Waals surface area contributed by atoms with Crippen LogP contribution in [0.25, 0.3) is 0 Å². The predicted molar refractivity (Wildman–Crippen MR) is 121 cm³/mol. The van der Waals surface area contributed by atoms with Crippen LogP contribution in [-0.4, -0.2) is 76.9 Å². The smallest absolute Gasteiger partial charge is 0.263 e. The van der Waals surface area contributed by atoms with Gasteiger partial charge in [0.15, 0.2) is 0 Å². The Hall–Kier alpha value is -2.93. The minimum absolute atomic E-state index is 0.117. The van der Waals surface area contributed by atoms with Gasteiger partial charge in [0.1, 0.15) is 5.56 Å². The standard InChI is InChI=1S/C24H32N4O3/c1-4-26(5-2)22(29)18-25-12-14-27(15-13-25)23(30)21-10-7-11-28(24(21)31)17-20-9-6-8-19(3)16-20/h6-11,16H,4-5,12-15,17-18H2,1-3H3. The lowest BCUT2D eigenvalue weighted by Crippen LogP contribution is -2.52. The lowest BCUT2D eigenvalue weighted by molar-refractivity contribution is -0.132. The van der Waals surface area contributed by atoms with E-state index in [1.54, 1.807) is 27.8 Å². The molecule has 0 bridgehead atoms. The fraction of sp³-hybridized carbons (Fsp3) is 0.458. The lowest BCUT2D eigenvalue weighted by Gasteiger charge is -2.35. The van der Waals surface area contributed by atoms with E-state index >= 15 is 0 Å². The van der Waals surface area contributed by atoms with Crippen molar-refractivity contribution in [2.45, 2.75) is 27.3 Å². The van der Waals surface area contributed by atoms with E-state index in [1.807, 2.05) is 49.9 Å². The Balaban J connectivity index is 1.63. The van der Waals surface area contributed by atoms with Gasteiger partial charge in [-0.05, 0) is 38.5 Å². The third-order valence-corrected chi connectivity index (χ3v) is 5.82. The molecule has 0 spiro atoms. The highest BCUT2D eigenvalue weighted by Crippen LogP contribution is 2.09. The number of pyridine rings is 1. The van der Waals surface area contributed by atoms with E-state index in [1.165, 1.54) is 0 Å². The molecule has 1 aliphatic heterocycles. The first-order valence-corrected chi connectivity index (χ1v) is 11.0. The molecule has 1 aliphatic rings. The van der Waals surface area contributed by atoms with Gasteiger partial charge in [-0.2, -0.15) is 0 Å². The number of hydrogen-bond donors (Lipinski definition) is 0. The predicted octanol–water partition coefficient (Wildman–Crippen LogP) is 1.83. The first-order chi connectivity index (χ1) is 14.9. The van der Waals surface area contributed by atoms with Crippen molar-refractivity contribution in [2.24, 2.45) is 0 Å². The third kappa shape index (κ3) is 5.61. The number of carbonyl (C=O) groups excluding carboxylic acids is 2. The molecule has 0 N–H and O–H groups in total. The van der Waals surface area contributed by atoms with Gasteiger partial charge in [-0.25, -0.2) is 0 Å². The summed E-state index contributed by atoms with van der Waals surface area (Å²) in [6.45, 7) is 10.5. The highest BCUT2D eigenvalue weighted by atomic mass is 16.2. The van der Waals surface area contributed by atoms with Gasteiger partial charge >= 0.3 is 0 Å². The molecular weight excluding hydrogens is 392 g/mol. The summed E-state index contributed by atoms with van der Waals surface area (Å²) in [6, 6.07) is 11.4. The Morgan fingerprint density at radius 1 is 1.00 bits per heavy atom. The summed E-state index contributed by atoms with van der Waals surface area (Å²) in [7, 11) is 0. The second-order valence-corrected chi connectivity index (χ2v) is 7.98. The molecule has 166 valence electrons. The van der Waals surface area contributed by atoms with E-state index in [4.69, 9.17) is 0 Å². The molecule has 1 saturated heterocycles. The number of benzene rings is 1. The van der Waals surface area contributed by atoms with Crippen molar-refractivity contribution < 1.29 is 9.59 Å². The van der Waals surface area contributed by atoms with Gasteiger partial charge in [-0.15, -0.1) is 0 Å². The fourth-order valence-electron chi connectivity index (χ4n) is 3.98. The zero-order valence-electron chi connectivity index (χ0n) is 18.7. The molecular formula is C24H32N4O3. The second-order valence-electron chi connectivity index (χ2n) is 7.98. The van der Waals surface area contributed by atoms with E-state index < -0.39 is 0 Å². The number of amides is 2. The topological polar surface area (TPSA) is 65.9 Å². The molecule has 7 heteroatoms. The number of likely N-dealkylation sites (N-methyl/N-ethyl adjacent to an activating group) is 1. The normalized spacial score (nSPS) is 14.5. The fourth-order valence-corrected chi connectivity index (χ4v) is 3.98. The number of aromatic nitrogens is 1. The van der Waals surface area contributed by atoms with E-state index in [0.717, 1.165) is 11.1 Å². The van der Waals surface area contributed by atoms with Crippen molar-refractivity contribution in [3.63, 3.8) is 0 Å². The van der Waals surface area contributed by atoms with Crippen molar-refractivity contribution in [3.8, 4) is 0 Å². The quantitative estimate of drug-likeness (QED) is 0.680. The number of aryl methyl sites for hydroxylation is 1. The SMILES string of the molecule is CCN(CC)C(=O)CN1CCN(C(=O)c2cccn(Cc3cccc(C)c3)c2=O)CC1. The summed E-state index contributed by atoms with van der Waals surface area (Å²) in [5.74, 6) is -0.120. The molecule has 2 aromatic rings. The maximum absolute atomic E-state index is 13.0. The van der Waals surface area contributed by atoms with Gasteiger partial charge in [0.05, 0.1) is 13.1 Å². The molecule has 0 unspecified atom stereocenters. The molecule has 2 amide bonds. The van der Waals surface area contributed by atoms with Gasteiger partial charge in [0.25, 0.3) is 11.5 Å². The minimum atomic E-state index is -0.270. The molecule has 2 heterocycles. The number of piperazine rings is 1. The molecule has 1 fully saturated rings. The minimum Gasteiger partial charge on any atom is -0.342 e. The molecule has 7 nitrogen and oxygen atoms in total. The summed E-state index contributed by atoms with van der Waals surface area (Å²) in [5, 5.41) is 0. The van der Waals surface area contributed by atoms with E-state index in [-0.39, 0.29) is 22.9 Å². The van der Waals surface area contributed by atoms with Crippen molar-refractivity contribution in [2.75, 3.05) is 45.8 Å². The van der Waals surface area contributed by atoms with Gasteiger partial charge in [0.2, 0.25) is 5.91 Å². The van der Waals surface area contributed by atoms with E-state index in [2.05, 4.69) is 4.90 Å². The molecule has 0 atom stereocenters. The van der Waals surface area contributed by atoms with Crippen LogP contribution >= 0.6 is 0 Å². The Morgan fingerprint density at radius 3 is 2.35 bits per heavy atom. The highest BCUT2D eigenvalue weighted by molar-refractivity contribution is 5.94. The van der Waals surface area contributed by atoms with Crippen LogP contribution in [-0.2, 0) is 11.3 Å². The number of nitrogens with zero attached hydrogens (tertiary/aromatic N) is 4. The Kier molecular flexibility index (Phi) is 7.63. The largest absolute Gasteiger partial charge is 0.342 e. The van der Waals surface area contributed by atoms with Crippen LogP contribution in [0.5, 0.6) is 0 Å². The van der Waals surface area contributed by atoms with Crippen LogP contribution in [0.1, 0.15) is 35.3 Å². The van der Waals surface area contributed by atoms with Gasteiger partial charge in [0, 0.05) is 45.5 Å². The number of hydrogen-bond acceptors (Lipinski definition) is 4. The zero-order chi connectivity index (χ0) is 22.4. The van der Waals surface area contributed by atoms with Crippen molar-refractivity contribution in [1.82, 2.24) is 19.3 Å². The monoisotopic (exact) mass is 424 g/mol. The van der Waals surface area contributed by atoms with Crippen molar-refractivity contribution >= 4 is 11.8 Å². The molecule has 31 heavy (non-hydrogen) atoms. The summed E-state index contributed by atoms with van der Waals surface area (Å²) >= 11 is 0. The third-order valence-electron chi connectivity index (χ3n) is 5.82. The maximum Gasteiger partial charge on any atom is 0.263 e. The van der Waals surface area contributed by atoms with Crippen LogP contribution in [0.3, 0.4) is 0 Å². The summed E-state index contributed by atoms with van der Waals surface area (Å²) in [6.07, 6.45) is 1.72. The second kappa shape index (κ2) is 10.4. The molecule has 1 aromatic heterocycles. The van der Waals surface area contributed by atoms with Crippen molar-refractivity contribution in [1.29, 1.82) is 0 Å². The average Bonchev–Trinajstić information content (AvgIpc) is 2.76. The number of carbonyl (C=O) groups is 2. The van der Waals surface area contributed by atoms with Gasteiger partial charge in [-0.1, -0.05) is 29.8 Å². The first kappa shape index (κ1) is 22.7. The van der Waals surface area contributed by atoms with Crippen LogP contribution in [0.2, 0.25) is 0 Å². The Morgan fingerprint density at radius 2 is 1.71 bits per heavy atom. The molecule has 0 radical (unpaired) electrons. The first-order valence-electron chi connectivity index (χ1n) is 11.0. The number of rotatable bonds is 7. The Labute approximate surface area is 183 Å². The van der Waals surface area contributed by atoms with Crippen LogP contribution < -0.4 is 5.56 Å². The summed E-state index contributed by atoms with van der Waals surface area (Å²) in [4.78, 5) is 43.9. The molecule has 1 aromatic carbocycles. The van der Waals surface area contributed by atoms with E-state index in [0.29, 0.717) is 52.4 Å². The van der Waals surface area contributed by atoms with Gasteiger partial charge < -0.3 is 14.4 Å².